The maximum atomic E-state index is 12.0. The highest BCUT2D eigenvalue weighted by Gasteiger charge is 2.33. The fourth-order valence-corrected chi connectivity index (χ4v) is 3.27. The van der Waals surface area contributed by atoms with Gasteiger partial charge in [0.2, 0.25) is 0 Å². The molecule has 1 aromatic heterocycles. The van der Waals surface area contributed by atoms with Crippen LogP contribution in [0.1, 0.15) is 45.7 Å². The Hall–Kier alpha value is -1.58. The molecule has 0 bridgehead atoms. The van der Waals surface area contributed by atoms with Crippen LogP contribution in [0.15, 0.2) is 24.4 Å². The second-order valence-electron chi connectivity index (χ2n) is 6.77. The molecule has 1 fully saturated rings. The number of alkyl carbamates (subject to hydrolysis) is 1. The van der Waals surface area contributed by atoms with Crippen molar-refractivity contribution in [3.05, 3.63) is 30.1 Å². The van der Waals surface area contributed by atoms with Crippen molar-refractivity contribution in [2.24, 2.45) is 17.8 Å². The van der Waals surface area contributed by atoms with Gasteiger partial charge in [0.05, 0.1) is 0 Å². The number of hydrogen-bond donors (Lipinski definition) is 1. The van der Waals surface area contributed by atoms with Crippen LogP contribution in [0.3, 0.4) is 0 Å². The second kappa shape index (κ2) is 8.16. The molecule has 1 aromatic rings. The summed E-state index contributed by atoms with van der Waals surface area (Å²) in [6.07, 6.45) is 5.64. The number of carbonyl (C=O) groups is 1. The fraction of sp³-hybridized carbons (Fsp3) is 0.667. The number of aromatic nitrogens is 1. The normalized spacial score (nSPS) is 25.0. The quantitative estimate of drug-likeness (QED) is 0.900. The number of carbonyl (C=O) groups excluding carboxylic acids is 1. The minimum Gasteiger partial charge on any atom is -0.446 e. The summed E-state index contributed by atoms with van der Waals surface area (Å²) in [6, 6.07) is 5.81. The largest absolute Gasteiger partial charge is 0.446 e. The minimum absolute atomic E-state index is 0.0543. The molecule has 4 nitrogen and oxygen atoms in total. The van der Waals surface area contributed by atoms with E-state index in [0.717, 1.165) is 25.0 Å². The van der Waals surface area contributed by atoms with Gasteiger partial charge in [-0.05, 0) is 42.7 Å². The maximum absolute atomic E-state index is 12.0. The number of hydrogen-bond acceptors (Lipinski definition) is 3. The summed E-state index contributed by atoms with van der Waals surface area (Å²) < 4.78 is 5.70. The van der Waals surface area contributed by atoms with Crippen LogP contribution >= 0.6 is 0 Å². The number of amides is 1. The molecule has 22 heavy (non-hydrogen) atoms. The van der Waals surface area contributed by atoms with E-state index >= 15 is 0 Å². The number of rotatable bonds is 5. The Morgan fingerprint density at radius 2 is 2.23 bits per heavy atom. The molecular weight excluding hydrogens is 276 g/mol. The van der Waals surface area contributed by atoms with Crippen molar-refractivity contribution in [2.45, 2.75) is 52.6 Å². The Labute approximate surface area is 133 Å². The standard InChI is InChI=1S/C18H28N2O2/c1-13(2)16-8-7-14(3)12-17(16)22-18(21)20-11-9-15-6-4-5-10-19-15/h4-6,10,13-14,16-17H,7-9,11-12H2,1-3H3,(H,20,21)/t14-,16+,17-/m1/s1. The van der Waals surface area contributed by atoms with Gasteiger partial charge in [0, 0.05) is 24.9 Å². The van der Waals surface area contributed by atoms with Crippen LogP contribution in [0.5, 0.6) is 0 Å². The first-order valence-corrected chi connectivity index (χ1v) is 8.40. The first kappa shape index (κ1) is 16.8. The van der Waals surface area contributed by atoms with Gasteiger partial charge in [0.15, 0.2) is 0 Å². The highest BCUT2D eigenvalue weighted by atomic mass is 16.6. The lowest BCUT2D eigenvalue weighted by molar-refractivity contribution is 0.00630. The van der Waals surface area contributed by atoms with E-state index in [1.54, 1.807) is 6.20 Å². The van der Waals surface area contributed by atoms with Crippen molar-refractivity contribution in [3.8, 4) is 0 Å². The Kier molecular flexibility index (Phi) is 6.22. The number of nitrogens with zero attached hydrogens (tertiary/aromatic N) is 1. The maximum Gasteiger partial charge on any atom is 0.407 e. The monoisotopic (exact) mass is 304 g/mol. The molecule has 0 saturated heterocycles. The van der Waals surface area contributed by atoms with Gasteiger partial charge in [-0.2, -0.15) is 0 Å². The summed E-state index contributed by atoms with van der Waals surface area (Å²) in [5.41, 5.74) is 0.981. The van der Waals surface area contributed by atoms with Crippen LogP contribution in [0, 0.1) is 17.8 Å². The summed E-state index contributed by atoms with van der Waals surface area (Å²) in [6.45, 7) is 7.24. The van der Waals surface area contributed by atoms with Crippen LogP contribution in [0.2, 0.25) is 0 Å². The molecule has 1 aliphatic rings. The number of nitrogens with one attached hydrogen (secondary N) is 1. The molecule has 0 aromatic carbocycles. The lowest BCUT2D eigenvalue weighted by Gasteiger charge is -2.36. The zero-order valence-corrected chi connectivity index (χ0v) is 13.9. The van der Waals surface area contributed by atoms with Crippen molar-refractivity contribution in [1.29, 1.82) is 0 Å². The molecule has 3 atom stereocenters. The third kappa shape index (κ3) is 5.00. The fourth-order valence-electron chi connectivity index (χ4n) is 3.27. The van der Waals surface area contributed by atoms with E-state index in [2.05, 4.69) is 31.1 Å². The molecule has 1 heterocycles. The molecule has 0 aliphatic heterocycles. The molecule has 0 spiro atoms. The summed E-state index contributed by atoms with van der Waals surface area (Å²) in [7, 11) is 0. The average molecular weight is 304 g/mol. The third-order valence-electron chi connectivity index (χ3n) is 4.60. The molecule has 0 unspecified atom stereocenters. The lowest BCUT2D eigenvalue weighted by Crippen LogP contribution is -2.39. The molecule has 1 aliphatic carbocycles. The Morgan fingerprint density at radius 1 is 1.41 bits per heavy atom. The zero-order valence-electron chi connectivity index (χ0n) is 13.9. The van der Waals surface area contributed by atoms with Gasteiger partial charge in [-0.1, -0.05) is 33.3 Å². The Bertz CT molecular complexity index is 461. The topological polar surface area (TPSA) is 51.2 Å². The van der Waals surface area contributed by atoms with E-state index in [4.69, 9.17) is 4.74 Å². The van der Waals surface area contributed by atoms with Crippen LogP contribution < -0.4 is 5.32 Å². The van der Waals surface area contributed by atoms with Crippen molar-refractivity contribution in [3.63, 3.8) is 0 Å². The van der Waals surface area contributed by atoms with Crippen LogP contribution in [-0.4, -0.2) is 23.7 Å². The highest BCUT2D eigenvalue weighted by molar-refractivity contribution is 5.67. The molecule has 0 radical (unpaired) electrons. The van der Waals surface area contributed by atoms with Crippen molar-refractivity contribution >= 4 is 6.09 Å². The molecule has 122 valence electrons. The third-order valence-corrected chi connectivity index (χ3v) is 4.60. The number of pyridine rings is 1. The summed E-state index contributed by atoms with van der Waals surface area (Å²) in [4.78, 5) is 16.3. The van der Waals surface area contributed by atoms with Gasteiger partial charge in [0.1, 0.15) is 6.10 Å². The predicted molar refractivity (Wildman–Crippen MR) is 87.6 cm³/mol. The van der Waals surface area contributed by atoms with Gasteiger partial charge in [-0.25, -0.2) is 4.79 Å². The zero-order chi connectivity index (χ0) is 15.9. The average Bonchev–Trinajstić information content (AvgIpc) is 2.48. The lowest BCUT2D eigenvalue weighted by atomic mass is 9.75. The van der Waals surface area contributed by atoms with Gasteiger partial charge >= 0.3 is 6.09 Å². The van der Waals surface area contributed by atoms with E-state index in [-0.39, 0.29) is 12.2 Å². The SMILES string of the molecule is CC(C)[C@@H]1CC[C@@H](C)C[C@H]1OC(=O)NCCc1ccccn1. The van der Waals surface area contributed by atoms with E-state index in [1.165, 1.54) is 6.42 Å². The van der Waals surface area contributed by atoms with Crippen LogP contribution in [0.25, 0.3) is 0 Å². The second-order valence-corrected chi connectivity index (χ2v) is 6.77. The smallest absolute Gasteiger partial charge is 0.407 e. The molecule has 4 heteroatoms. The molecule has 1 N–H and O–H groups in total. The highest BCUT2D eigenvalue weighted by Crippen LogP contribution is 2.35. The van der Waals surface area contributed by atoms with Crippen LogP contribution in [0.4, 0.5) is 4.79 Å². The first-order chi connectivity index (χ1) is 10.6. The van der Waals surface area contributed by atoms with Gasteiger partial charge in [-0.15, -0.1) is 0 Å². The summed E-state index contributed by atoms with van der Waals surface area (Å²) in [5, 5.41) is 2.85. The first-order valence-electron chi connectivity index (χ1n) is 8.40. The molecule has 1 amide bonds. The van der Waals surface area contributed by atoms with E-state index in [9.17, 15) is 4.79 Å². The van der Waals surface area contributed by atoms with Crippen LogP contribution in [-0.2, 0) is 11.2 Å². The molecular formula is C18H28N2O2. The summed E-state index contributed by atoms with van der Waals surface area (Å²) >= 11 is 0. The van der Waals surface area contributed by atoms with Crippen molar-refractivity contribution in [1.82, 2.24) is 10.3 Å². The minimum atomic E-state index is -0.291. The molecule has 2 rings (SSSR count). The van der Waals surface area contributed by atoms with E-state index in [1.807, 2.05) is 18.2 Å². The van der Waals surface area contributed by atoms with E-state index in [0.29, 0.717) is 24.3 Å². The van der Waals surface area contributed by atoms with Gasteiger partial charge in [0.25, 0.3) is 0 Å². The summed E-state index contributed by atoms with van der Waals surface area (Å²) in [5.74, 6) is 1.68. The Morgan fingerprint density at radius 3 is 2.91 bits per heavy atom. The van der Waals surface area contributed by atoms with Gasteiger partial charge in [-0.3, -0.25) is 4.98 Å². The number of ether oxygens (including phenoxy) is 1. The van der Waals surface area contributed by atoms with Gasteiger partial charge < -0.3 is 10.1 Å². The van der Waals surface area contributed by atoms with E-state index < -0.39 is 0 Å². The van der Waals surface area contributed by atoms with Crippen molar-refractivity contribution in [2.75, 3.05) is 6.54 Å². The van der Waals surface area contributed by atoms with Crippen molar-refractivity contribution < 1.29 is 9.53 Å². The molecule has 1 saturated carbocycles. The predicted octanol–water partition coefficient (Wildman–Crippen LogP) is 3.81. The Balaban J connectivity index is 1.77.